The topological polar surface area (TPSA) is 178 Å². The summed E-state index contributed by atoms with van der Waals surface area (Å²) in [6.07, 6.45) is 3.03. The SMILES string of the molecule is NC(Cc1ccc(O)cc1)C(=O)NCC(=O)NC(Cc1c[nH]c2ccccc12)C(=O)N1CCCC1C(=O)O. The molecule has 1 fully saturated rings. The number of nitrogens with zero attached hydrogens (tertiary/aromatic N) is 1. The van der Waals surface area contributed by atoms with Gasteiger partial charge in [0.05, 0.1) is 12.6 Å². The average molecular weight is 522 g/mol. The number of carbonyl (C=O) groups excluding carboxylic acids is 3. The zero-order valence-corrected chi connectivity index (χ0v) is 20.7. The van der Waals surface area contributed by atoms with Crippen LogP contribution in [0.15, 0.2) is 54.7 Å². The Bertz CT molecular complexity index is 1320. The number of nitrogens with two attached hydrogens (primary N) is 1. The number of aliphatic carboxylic acids is 1. The quantitative estimate of drug-likeness (QED) is 0.227. The van der Waals surface area contributed by atoms with Crippen LogP contribution in [0.3, 0.4) is 0 Å². The van der Waals surface area contributed by atoms with E-state index in [0.717, 1.165) is 22.0 Å². The maximum atomic E-state index is 13.4. The zero-order chi connectivity index (χ0) is 27.2. The Morgan fingerprint density at radius 2 is 1.82 bits per heavy atom. The maximum absolute atomic E-state index is 13.4. The number of hydrogen-bond donors (Lipinski definition) is 6. The number of rotatable bonds is 10. The van der Waals surface area contributed by atoms with Crippen LogP contribution in [0.25, 0.3) is 10.9 Å². The van der Waals surface area contributed by atoms with Crippen LogP contribution >= 0.6 is 0 Å². The molecule has 1 saturated heterocycles. The molecule has 4 rings (SSSR count). The van der Waals surface area contributed by atoms with E-state index in [4.69, 9.17) is 5.73 Å². The fourth-order valence-corrected chi connectivity index (χ4v) is 4.73. The van der Waals surface area contributed by atoms with Gasteiger partial charge in [-0.3, -0.25) is 14.4 Å². The van der Waals surface area contributed by atoms with Crippen LogP contribution in [-0.2, 0) is 32.0 Å². The van der Waals surface area contributed by atoms with E-state index < -0.39 is 48.4 Å². The Kier molecular flexibility index (Phi) is 8.27. The Morgan fingerprint density at radius 1 is 1.08 bits per heavy atom. The van der Waals surface area contributed by atoms with E-state index >= 15 is 0 Å². The predicted molar refractivity (Wildman–Crippen MR) is 139 cm³/mol. The van der Waals surface area contributed by atoms with Crippen LogP contribution in [0.5, 0.6) is 5.75 Å². The van der Waals surface area contributed by atoms with Crippen LogP contribution in [-0.4, -0.2) is 75.0 Å². The molecule has 11 nitrogen and oxygen atoms in total. The van der Waals surface area contributed by atoms with Crippen molar-refractivity contribution >= 4 is 34.6 Å². The molecule has 0 saturated carbocycles. The molecule has 11 heteroatoms. The molecular weight excluding hydrogens is 490 g/mol. The first-order valence-corrected chi connectivity index (χ1v) is 12.4. The summed E-state index contributed by atoms with van der Waals surface area (Å²) in [6, 6.07) is 10.9. The van der Waals surface area contributed by atoms with Gasteiger partial charge in [0.1, 0.15) is 17.8 Å². The Balaban J connectivity index is 1.42. The van der Waals surface area contributed by atoms with Crippen molar-refractivity contribution in [3.05, 3.63) is 65.9 Å². The summed E-state index contributed by atoms with van der Waals surface area (Å²) >= 11 is 0. The second kappa shape index (κ2) is 11.8. The van der Waals surface area contributed by atoms with Gasteiger partial charge in [0.25, 0.3) is 0 Å². The standard InChI is InChI=1S/C27H31N5O6/c28-20(12-16-7-9-18(33)10-8-16)25(35)30-15-24(34)31-22(26(36)32-11-3-6-23(32)27(37)38)13-17-14-29-21-5-2-1-4-19(17)21/h1-2,4-5,7-10,14,20,22-23,29,33H,3,6,11-13,15,28H2,(H,30,35)(H,31,34)(H,37,38). The second-order valence-corrected chi connectivity index (χ2v) is 9.41. The first-order chi connectivity index (χ1) is 18.2. The number of H-pyrrole nitrogens is 1. The normalized spacial score (nSPS) is 16.7. The van der Waals surface area contributed by atoms with Crippen molar-refractivity contribution in [1.29, 1.82) is 0 Å². The van der Waals surface area contributed by atoms with Gasteiger partial charge in [-0.25, -0.2) is 4.79 Å². The van der Waals surface area contributed by atoms with Gasteiger partial charge < -0.3 is 36.5 Å². The van der Waals surface area contributed by atoms with Crippen molar-refractivity contribution in [3.63, 3.8) is 0 Å². The molecule has 38 heavy (non-hydrogen) atoms. The molecule has 3 aromatic rings. The van der Waals surface area contributed by atoms with E-state index in [1.165, 1.54) is 17.0 Å². The number of aromatic amines is 1. The lowest BCUT2D eigenvalue weighted by molar-refractivity contribution is -0.149. The lowest BCUT2D eigenvalue weighted by Crippen LogP contribution is -2.54. The predicted octanol–water partition coefficient (Wildman–Crippen LogP) is 0.663. The Morgan fingerprint density at radius 3 is 2.55 bits per heavy atom. The zero-order valence-electron chi connectivity index (χ0n) is 20.7. The van der Waals surface area contributed by atoms with E-state index in [-0.39, 0.29) is 18.6 Å². The van der Waals surface area contributed by atoms with Crippen LogP contribution in [0.1, 0.15) is 24.0 Å². The summed E-state index contributed by atoms with van der Waals surface area (Å²) in [4.78, 5) is 54.8. The monoisotopic (exact) mass is 521 g/mol. The van der Waals surface area contributed by atoms with E-state index in [9.17, 15) is 29.4 Å². The number of phenolic OH excluding ortho intramolecular Hbond substituents is 1. The van der Waals surface area contributed by atoms with Gasteiger partial charge in [0, 0.05) is 30.1 Å². The van der Waals surface area contributed by atoms with Crippen molar-refractivity contribution in [2.75, 3.05) is 13.1 Å². The molecule has 3 amide bonds. The lowest BCUT2D eigenvalue weighted by Gasteiger charge is -2.27. The molecule has 0 aliphatic carbocycles. The van der Waals surface area contributed by atoms with Crippen LogP contribution in [0.4, 0.5) is 0 Å². The van der Waals surface area contributed by atoms with Crippen LogP contribution in [0.2, 0.25) is 0 Å². The molecule has 1 aliphatic heterocycles. The molecule has 200 valence electrons. The Hall–Kier alpha value is -4.38. The highest BCUT2D eigenvalue weighted by Crippen LogP contribution is 2.23. The van der Waals surface area contributed by atoms with E-state index in [0.29, 0.717) is 19.4 Å². The van der Waals surface area contributed by atoms with Gasteiger partial charge in [0.2, 0.25) is 17.7 Å². The molecule has 2 heterocycles. The largest absolute Gasteiger partial charge is 0.508 e. The summed E-state index contributed by atoms with van der Waals surface area (Å²) < 4.78 is 0. The summed E-state index contributed by atoms with van der Waals surface area (Å²) in [6.45, 7) is -0.110. The minimum atomic E-state index is -1.08. The number of fused-ring (bicyclic) bond motifs is 1. The number of carboxylic acids is 1. The van der Waals surface area contributed by atoms with Gasteiger partial charge in [0.15, 0.2) is 0 Å². The summed E-state index contributed by atoms with van der Waals surface area (Å²) in [7, 11) is 0. The molecular formula is C27H31N5O6. The number of carbonyl (C=O) groups is 4. The molecule has 0 radical (unpaired) electrons. The molecule has 0 bridgehead atoms. The fraction of sp³-hybridized carbons (Fsp3) is 0.333. The molecule has 3 atom stereocenters. The number of para-hydroxylation sites is 1. The highest BCUT2D eigenvalue weighted by molar-refractivity contribution is 5.93. The van der Waals surface area contributed by atoms with E-state index in [1.54, 1.807) is 18.3 Å². The van der Waals surface area contributed by atoms with Crippen molar-refractivity contribution in [3.8, 4) is 5.75 Å². The molecule has 1 aliphatic rings. The minimum absolute atomic E-state index is 0.101. The van der Waals surface area contributed by atoms with Crippen LogP contribution < -0.4 is 16.4 Å². The third kappa shape index (κ3) is 6.30. The molecule has 3 unspecified atom stereocenters. The second-order valence-electron chi connectivity index (χ2n) is 9.41. The number of aromatic nitrogens is 1. The number of phenols is 1. The van der Waals surface area contributed by atoms with Crippen molar-refractivity contribution in [2.45, 2.75) is 43.8 Å². The first kappa shape index (κ1) is 26.7. The first-order valence-electron chi connectivity index (χ1n) is 12.4. The number of likely N-dealkylation sites (tertiary alicyclic amines) is 1. The Labute approximate surface area is 219 Å². The lowest BCUT2D eigenvalue weighted by atomic mass is 10.0. The maximum Gasteiger partial charge on any atom is 0.326 e. The number of aromatic hydroxyl groups is 1. The third-order valence-corrected chi connectivity index (χ3v) is 6.71. The minimum Gasteiger partial charge on any atom is -0.508 e. The molecule has 0 spiro atoms. The number of hydrogen-bond acceptors (Lipinski definition) is 6. The smallest absolute Gasteiger partial charge is 0.326 e. The van der Waals surface area contributed by atoms with E-state index in [1.807, 2.05) is 24.3 Å². The van der Waals surface area contributed by atoms with Crippen molar-refractivity contribution < 1.29 is 29.4 Å². The average Bonchev–Trinajstić information content (AvgIpc) is 3.56. The molecule has 7 N–H and O–H groups in total. The van der Waals surface area contributed by atoms with Gasteiger partial charge in [-0.05, 0) is 48.6 Å². The van der Waals surface area contributed by atoms with Crippen molar-refractivity contribution in [2.24, 2.45) is 5.73 Å². The highest BCUT2D eigenvalue weighted by Gasteiger charge is 2.38. The van der Waals surface area contributed by atoms with Gasteiger partial charge >= 0.3 is 5.97 Å². The van der Waals surface area contributed by atoms with Gasteiger partial charge in [-0.1, -0.05) is 30.3 Å². The number of amides is 3. The number of benzene rings is 2. The molecule has 2 aromatic carbocycles. The van der Waals surface area contributed by atoms with Crippen LogP contribution in [0, 0.1) is 0 Å². The number of nitrogens with one attached hydrogen (secondary N) is 3. The highest BCUT2D eigenvalue weighted by atomic mass is 16.4. The molecule has 1 aromatic heterocycles. The number of carboxylic acid groups (broad SMARTS) is 1. The van der Waals surface area contributed by atoms with Gasteiger partial charge in [-0.2, -0.15) is 0 Å². The fourth-order valence-electron chi connectivity index (χ4n) is 4.73. The third-order valence-electron chi connectivity index (χ3n) is 6.71. The summed E-state index contributed by atoms with van der Waals surface area (Å²) in [5.41, 5.74) is 8.39. The van der Waals surface area contributed by atoms with Gasteiger partial charge in [-0.15, -0.1) is 0 Å². The van der Waals surface area contributed by atoms with Crippen molar-refractivity contribution in [1.82, 2.24) is 20.5 Å². The summed E-state index contributed by atoms with van der Waals surface area (Å²) in [5.74, 6) is -2.60. The summed E-state index contributed by atoms with van der Waals surface area (Å²) in [5, 5.41) is 25.0. The van der Waals surface area contributed by atoms with E-state index in [2.05, 4.69) is 15.6 Å².